The Labute approximate surface area is 104 Å². The lowest BCUT2D eigenvalue weighted by molar-refractivity contribution is -0.122. The second-order valence-electron chi connectivity index (χ2n) is 6.72. The van der Waals surface area contributed by atoms with E-state index in [0.29, 0.717) is 12.0 Å². The molecule has 0 aliphatic heterocycles. The molecule has 0 radical (unpaired) electrons. The summed E-state index contributed by atoms with van der Waals surface area (Å²) in [5, 5.41) is 6.05. The van der Waals surface area contributed by atoms with Crippen LogP contribution in [0, 0.1) is 23.2 Å². The zero-order valence-electron chi connectivity index (χ0n) is 10.8. The van der Waals surface area contributed by atoms with Crippen molar-refractivity contribution < 1.29 is 4.79 Å². The summed E-state index contributed by atoms with van der Waals surface area (Å²) in [4.78, 5) is 11.6. The summed E-state index contributed by atoms with van der Waals surface area (Å²) >= 11 is 0. The Morgan fingerprint density at radius 1 is 1.12 bits per heavy atom. The Kier molecular flexibility index (Phi) is 2.89. The molecule has 0 aromatic carbocycles. The number of likely N-dealkylation sites (N-methyl/N-ethyl adjacent to an activating group) is 1. The van der Waals surface area contributed by atoms with Crippen LogP contribution < -0.4 is 10.6 Å². The lowest BCUT2D eigenvalue weighted by Gasteiger charge is -2.56. The predicted octanol–water partition coefficient (Wildman–Crippen LogP) is 1.54. The van der Waals surface area contributed by atoms with Crippen LogP contribution in [0.4, 0.5) is 0 Å². The molecule has 3 nitrogen and oxygen atoms in total. The number of rotatable bonds is 4. The minimum absolute atomic E-state index is 0.156. The largest absolute Gasteiger partial charge is 0.354 e. The van der Waals surface area contributed by atoms with E-state index in [1.165, 1.54) is 38.5 Å². The maximum absolute atomic E-state index is 11.6. The highest BCUT2D eigenvalue weighted by Gasteiger charge is 2.50. The van der Waals surface area contributed by atoms with Crippen LogP contribution in [0.5, 0.6) is 0 Å². The molecule has 0 atom stereocenters. The summed E-state index contributed by atoms with van der Waals surface area (Å²) in [5.74, 6) is 3.08. The van der Waals surface area contributed by atoms with Gasteiger partial charge in [-0.2, -0.15) is 0 Å². The molecule has 4 bridgehead atoms. The number of hydrogen-bond donors (Lipinski definition) is 2. The Bertz CT molecular complexity index is 278. The molecule has 0 aromatic rings. The average molecular weight is 236 g/mol. The van der Waals surface area contributed by atoms with E-state index >= 15 is 0 Å². The summed E-state index contributed by atoms with van der Waals surface area (Å²) < 4.78 is 0. The van der Waals surface area contributed by atoms with Crippen molar-refractivity contribution in [2.24, 2.45) is 23.2 Å². The first-order chi connectivity index (χ1) is 8.19. The van der Waals surface area contributed by atoms with Gasteiger partial charge in [0.1, 0.15) is 0 Å². The van der Waals surface area contributed by atoms with E-state index in [9.17, 15) is 4.79 Å². The average Bonchev–Trinajstić information content (AvgIpc) is 2.25. The van der Waals surface area contributed by atoms with Gasteiger partial charge in [-0.1, -0.05) is 0 Å². The minimum Gasteiger partial charge on any atom is -0.354 e. The molecule has 1 amide bonds. The molecule has 2 N–H and O–H groups in total. The fourth-order valence-electron chi connectivity index (χ4n) is 5.02. The fourth-order valence-corrected chi connectivity index (χ4v) is 5.02. The zero-order valence-corrected chi connectivity index (χ0v) is 10.8. The van der Waals surface area contributed by atoms with Gasteiger partial charge >= 0.3 is 0 Å². The SMILES string of the molecule is CNCC(=O)NCC12CC3CC(CC(C3)C1)C2. The Morgan fingerprint density at radius 3 is 2.12 bits per heavy atom. The van der Waals surface area contributed by atoms with E-state index in [4.69, 9.17) is 0 Å². The van der Waals surface area contributed by atoms with Crippen molar-refractivity contribution in [2.45, 2.75) is 38.5 Å². The monoisotopic (exact) mass is 236 g/mol. The summed E-state index contributed by atoms with van der Waals surface area (Å²) in [6.45, 7) is 1.38. The molecule has 4 rings (SSSR count). The van der Waals surface area contributed by atoms with Gasteiger partial charge in [-0.25, -0.2) is 0 Å². The third kappa shape index (κ3) is 2.22. The fraction of sp³-hybridized carbons (Fsp3) is 0.929. The van der Waals surface area contributed by atoms with Crippen LogP contribution in [0.25, 0.3) is 0 Å². The van der Waals surface area contributed by atoms with Crippen molar-refractivity contribution in [3.63, 3.8) is 0 Å². The molecule has 0 heterocycles. The third-order valence-corrected chi connectivity index (χ3v) is 5.16. The van der Waals surface area contributed by atoms with E-state index in [1.54, 1.807) is 0 Å². The third-order valence-electron chi connectivity index (χ3n) is 5.16. The summed E-state index contributed by atoms with van der Waals surface area (Å²) in [6, 6.07) is 0. The smallest absolute Gasteiger partial charge is 0.233 e. The van der Waals surface area contributed by atoms with Crippen LogP contribution in [-0.4, -0.2) is 26.0 Å². The first-order valence-electron chi connectivity index (χ1n) is 7.10. The van der Waals surface area contributed by atoms with Gasteiger partial charge in [0, 0.05) is 6.54 Å². The molecular formula is C14H24N2O. The maximum Gasteiger partial charge on any atom is 0.233 e. The highest BCUT2D eigenvalue weighted by molar-refractivity contribution is 5.77. The zero-order chi connectivity index (χ0) is 11.9. The Hall–Kier alpha value is -0.570. The van der Waals surface area contributed by atoms with E-state index in [2.05, 4.69) is 10.6 Å². The minimum atomic E-state index is 0.156. The molecule has 4 aliphatic rings. The normalized spacial score (nSPS) is 42.8. The van der Waals surface area contributed by atoms with Crippen LogP contribution >= 0.6 is 0 Å². The van der Waals surface area contributed by atoms with Crippen molar-refractivity contribution in [3.05, 3.63) is 0 Å². The lowest BCUT2D eigenvalue weighted by Crippen LogP contribution is -2.51. The molecular weight excluding hydrogens is 212 g/mol. The standard InChI is InChI=1S/C14H24N2O/c1-15-8-13(17)16-9-14-5-10-2-11(6-14)4-12(3-10)7-14/h10-12,15H,2-9H2,1H3,(H,16,17). The van der Waals surface area contributed by atoms with Crippen LogP contribution in [0.15, 0.2) is 0 Å². The molecule has 4 saturated carbocycles. The number of carbonyl (C=O) groups is 1. The first kappa shape index (κ1) is 11.5. The van der Waals surface area contributed by atoms with E-state index in [0.717, 1.165) is 24.3 Å². The van der Waals surface area contributed by atoms with Gasteiger partial charge in [0.15, 0.2) is 0 Å². The second-order valence-corrected chi connectivity index (χ2v) is 6.72. The van der Waals surface area contributed by atoms with Gasteiger partial charge in [-0.05, 0) is 68.7 Å². The van der Waals surface area contributed by atoms with Crippen LogP contribution in [0.2, 0.25) is 0 Å². The summed E-state index contributed by atoms with van der Waals surface area (Å²) in [5.41, 5.74) is 0.470. The van der Waals surface area contributed by atoms with Gasteiger partial charge in [-0.3, -0.25) is 4.79 Å². The predicted molar refractivity (Wildman–Crippen MR) is 67.5 cm³/mol. The quantitative estimate of drug-likeness (QED) is 0.777. The number of carbonyl (C=O) groups excluding carboxylic acids is 1. The van der Waals surface area contributed by atoms with Crippen molar-refractivity contribution in [1.29, 1.82) is 0 Å². The highest BCUT2D eigenvalue weighted by Crippen LogP contribution is 2.59. The Balaban J connectivity index is 1.60. The van der Waals surface area contributed by atoms with Crippen molar-refractivity contribution in [2.75, 3.05) is 20.1 Å². The Morgan fingerprint density at radius 2 is 1.65 bits per heavy atom. The first-order valence-corrected chi connectivity index (χ1v) is 7.10. The van der Waals surface area contributed by atoms with E-state index in [-0.39, 0.29) is 5.91 Å². The number of hydrogen-bond acceptors (Lipinski definition) is 2. The molecule has 0 unspecified atom stereocenters. The molecule has 0 aromatic heterocycles. The lowest BCUT2D eigenvalue weighted by atomic mass is 9.49. The van der Waals surface area contributed by atoms with E-state index < -0.39 is 0 Å². The molecule has 3 heteroatoms. The van der Waals surface area contributed by atoms with Crippen LogP contribution in [0.1, 0.15) is 38.5 Å². The topological polar surface area (TPSA) is 41.1 Å². The van der Waals surface area contributed by atoms with Crippen LogP contribution in [-0.2, 0) is 4.79 Å². The van der Waals surface area contributed by atoms with Gasteiger partial charge in [0.25, 0.3) is 0 Å². The molecule has 4 aliphatic carbocycles. The van der Waals surface area contributed by atoms with E-state index in [1.807, 2.05) is 7.05 Å². The molecule has 0 spiro atoms. The van der Waals surface area contributed by atoms with Gasteiger partial charge < -0.3 is 10.6 Å². The van der Waals surface area contributed by atoms with Crippen molar-refractivity contribution >= 4 is 5.91 Å². The summed E-state index contributed by atoms with van der Waals surface area (Å²) in [7, 11) is 1.82. The molecule has 17 heavy (non-hydrogen) atoms. The highest BCUT2D eigenvalue weighted by atomic mass is 16.1. The van der Waals surface area contributed by atoms with Crippen molar-refractivity contribution in [3.8, 4) is 0 Å². The molecule has 0 saturated heterocycles. The van der Waals surface area contributed by atoms with Crippen LogP contribution in [0.3, 0.4) is 0 Å². The van der Waals surface area contributed by atoms with Crippen molar-refractivity contribution in [1.82, 2.24) is 10.6 Å². The molecule has 96 valence electrons. The number of nitrogens with one attached hydrogen (secondary N) is 2. The van der Waals surface area contributed by atoms with Gasteiger partial charge in [0.2, 0.25) is 5.91 Å². The second kappa shape index (κ2) is 4.27. The van der Waals surface area contributed by atoms with Gasteiger partial charge in [-0.15, -0.1) is 0 Å². The number of amides is 1. The van der Waals surface area contributed by atoms with Gasteiger partial charge in [0.05, 0.1) is 6.54 Å². The summed E-state index contributed by atoms with van der Waals surface area (Å²) in [6.07, 6.45) is 8.55. The maximum atomic E-state index is 11.6. The molecule has 4 fully saturated rings.